The third kappa shape index (κ3) is 5.46. The van der Waals surface area contributed by atoms with Crippen LogP contribution in [0.2, 0.25) is 0 Å². The van der Waals surface area contributed by atoms with Crippen LogP contribution in [-0.2, 0) is 4.79 Å². The fourth-order valence-electron chi connectivity index (χ4n) is 1.40. The highest BCUT2D eigenvalue weighted by molar-refractivity contribution is 7.99. The molecule has 1 unspecified atom stereocenters. The minimum absolute atomic E-state index is 0.159. The zero-order chi connectivity index (χ0) is 13.5. The van der Waals surface area contributed by atoms with E-state index in [-0.39, 0.29) is 6.04 Å². The smallest absolute Gasteiger partial charge is 0.320 e. The van der Waals surface area contributed by atoms with Gasteiger partial charge in [-0.2, -0.15) is 0 Å². The van der Waals surface area contributed by atoms with Gasteiger partial charge in [0.1, 0.15) is 6.04 Å². The number of nitrogens with zero attached hydrogens (tertiary/aromatic N) is 2. The minimum atomic E-state index is -0.811. The zero-order valence-electron chi connectivity index (χ0n) is 10.9. The Bertz CT molecular complexity index is 381. The first-order valence-corrected chi connectivity index (χ1v) is 6.88. The molecule has 0 saturated heterocycles. The number of nitrogens with one attached hydrogen (secondary N) is 1. The molecule has 0 aliphatic carbocycles. The first-order chi connectivity index (χ1) is 8.49. The standard InChI is InChI=1S/C12H19N3O2S/c1-8(2)15-10(11(16)17)4-5-18-12-13-6-9(3)7-14-12/h6-8,10,15H,4-5H2,1-3H3,(H,16,17). The Morgan fingerprint density at radius 1 is 1.44 bits per heavy atom. The summed E-state index contributed by atoms with van der Waals surface area (Å²) >= 11 is 1.48. The second kappa shape index (κ2) is 7.33. The first-order valence-electron chi connectivity index (χ1n) is 5.89. The van der Waals surface area contributed by atoms with Crippen LogP contribution in [0.3, 0.4) is 0 Å². The van der Waals surface area contributed by atoms with Gasteiger partial charge in [-0.05, 0) is 18.9 Å². The van der Waals surface area contributed by atoms with Crippen LogP contribution in [-0.4, -0.2) is 38.9 Å². The van der Waals surface area contributed by atoms with Crippen LogP contribution in [0.5, 0.6) is 0 Å². The maximum absolute atomic E-state index is 11.0. The molecule has 1 atom stereocenters. The third-order valence-electron chi connectivity index (χ3n) is 2.23. The van der Waals surface area contributed by atoms with Gasteiger partial charge in [0, 0.05) is 24.2 Å². The summed E-state index contributed by atoms with van der Waals surface area (Å²) < 4.78 is 0. The van der Waals surface area contributed by atoms with E-state index in [9.17, 15) is 4.79 Å². The minimum Gasteiger partial charge on any atom is -0.480 e. The molecular formula is C12H19N3O2S. The molecule has 2 N–H and O–H groups in total. The topological polar surface area (TPSA) is 75.1 Å². The molecule has 0 bridgehead atoms. The average molecular weight is 269 g/mol. The zero-order valence-corrected chi connectivity index (χ0v) is 11.7. The summed E-state index contributed by atoms with van der Waals surface area (Å²) in [6, 6.07) is -0.352. The van der Waals surface area contributed by atoms with Crippen LogP contribution >= 0.6 is 11.8 Å². The predicted octanol–water partition coefficient (Wildman–Crippen LogP) is 1.72. The van der Waals surface area contributed by atoms with E-state index in [0.717, 1.165) is 5.56 Å². The number of rotatable bonds is 7. The SMILES string of the molecule is Cc1cnc(SCCC(NC(C)C)C(=O)O)nc1. The maximum Gasteiger partial charge on any atom is 0.320 e. The largest absolute Gasteiger partial charge is 0.480 e. The van der Waals surface area contributed by atoms with Crippen molar-refractivity contribution in [1.82, 2.24) is 15.3 Å². The lowest BCUT2D eigenvalue weighted by Crippen LogP contribution is -2.41. The summed E-state index contributed by atoms with van der Waals surface area (Å²) in [5.74, 6) is -0.131. The second-order valence-corrected chi connectivity index (χ2v) is 5.45. The van der Waals surface area contributed by atoms with Gasteiger partial charge in [0.15, 0.2) is 5.16 Å². The van der Waals surface area contributed by atoms with Crippen molar-refractivity contribution in [2.75, 3.05) is 5.75 Å². The van der Waals surface area contributed by atoms with Crippen LogP contribution in [0.25, 0.3) is 0 Å². The highest BCUT2D eigenvalue weighted by atomic mass is 32.2. The Kier molecular flexibility index (Phi) is 6.07. The monoisotopic (exact) mass is 269 g/mol. The maximum atomic E-state index is 11.0. The summed E-state index contributed by atoms with van der Waals surface area (Å²) in [6.07, 6.45) is 4.07. The Labute approximate surface area is 111 Å². The molecular weight excluding hydrogens is 250 g/mol. The molecule has 0 radical (unpaired) electrons. The molecule has 100 valence electrons. The number of hydrogen-bond donors (Lipinski definition) is 2. The molecule has 0 saturated carbocycles. The molecule has 1 aromatic heterocycles. The Balaban J connectivity index is 2.38. The molecule has 1 heterocycles. The van der Waals surface area contributed by atoms with E-state index in [1.54, 1.807) is 12.4 Å². The van der Waals surface area contributed by atoms with Gasteiger partial charge in [-0.1, -0.05) is 25.6 Å². The molecule has 0 spiro atoms. The van der Waals surface area contributed by atoms with E-state index in [1.165, 1.54) is 11.8 Å². The fourth-order valence-corrected chi connectivity index (χ4v) is 2.19. The van der Waals surface area contributed by atoms with E-state index < -0.39 is 12.0 Å². The quantitative estimate of drug-likeness (QED) is 0.580. The normalized spacial score (nSPS) is 12.7. The lowest BCUT2D eigenvalue weighted by Gasteiger charge is -2.16. The van der Waals surface area contributed by atoms with Crippen molar-refractivity contribution in [3.63, 3.8) is 0 Å². The van der Waals surface area contributed by atoms with E-state index in [2.05, 4.69) is 15.3 Å². The fraction of sp³-hybridized carbons (Fsp3) is 0.583. The van der Waals surface area contributed by atoms with Crippen LogP contribution in [0.1, 0.15) is 25.8 Å². The average Bonchev–Trinajstić information content (AvgIpc) is 2.29. The van der Waals surface area contributed by atoms with Gasteiger partial charge in [0.05, 0.1) is 0 Å². The van der Waals surface area contributed by atoms with Gasteiger partial charge >= 0.3 is 5.97 Å². The Morgan fingerprint density at radius 3 is 2.56 bits per heavy atom. The van der Waals surface area contributed by atoms with Gasteiger partial charge in [-0.25, -0.2) is 9.97 Å². The predicted molar refractivity (Wildman–Crippen MR) is 71.8 cm³/mol. The lowest BCUT2D eigenvalue weighted by molar-refractivity contribution is -0.139. The molecule has 1 rings (SSSR count). The number of carboxylic acid groups (broad SMARTS) is 1. The van der Waals surface area contributed by atoms with Gasteiger partial charge in [0.25, 0.3) is 0 Å². The van der Waals surface area contributed by atoms with Crippen molar-refractivity contribution >= 4 is 17.7 Å². The highest BCUT2D eigenvalue weighted by Crippen LogP contribution is 2.14. The summed E-state index contributed by atoms with van der Waals surface area (Å²) in [7, 11) is 0. The van der Waals surface area contributed by atoms with Gasteiger partial charge in [-0.3, -0.25) is 4.79 Å². The molecule has 5 nitrogen and oxygen atoms in total. The lowest BCUT2D eigenvalue weighted by atomic mass is 10.2. The number of carboxylic acids is 1. The molecule has 6 heteroatoms. The Hall–Kier alpha value is -1.14. The summed E-state index contributed by atoms with van der Waals surface area (Å²) in [5, 5.41) is 12.8. The van der Waals surface area contributed by atoms with Crippen molar-refractivity contribution in [3.8, 4) is 0 Å². The third-order valence-corrected chi connectivity index (χ3v) is 3.14. The number of aromatic nitrogens is 2. The van der Waals surface area contributed by atoms with Crippen LogP contribution < -0.4 is 5.32 Å². The molecule has 18 heavy (non-hydrogen) atoms. The van der Waals surface area contributed by atoms with Crippen molar-refractivity contribution in [1.29, 1.82) is 0 Å². The van der Waals surface area contributed by atoms with Crippen molar-refractivity contribution < 1.29 is 9.90 Å². The number of carbonyl (C=O) groups is 1. The molecule has 1 aromatic rings. The van der Waals surface area contributed by atoms with E-state index in [0.29, 0.717) is 17.3 Å². The summed E-state index contributed by atoms with van der Waals surface area (Å²) in [6.45, 7) is 5.81. The van der Waals surface area contributed by atoms with Crippen LogP contribution in [0, 0.1) is 6.92 Å². The summed E-state index contributed by atoms with van der Waals surface area (Å²) in [5.41, 5.74) is 1.02. The van der Waals surface area contributed by atoms with Gasteiger partial charge in [0.2, 0.25) is 0 Å². The summed E-state index contributed by atoms with van der Waals surface area (Å²) in [4.78, 5) is 19.3. The highest BCUT2D eigenvalue weighted by Gasteiger charge is 2.17. The molecule has 0 aliphatic heterocycles. The molecule has 0 fully saturated rings. The first kappa shape index (κ1) is 14.9. The van der Waals surface area contributed by atoms with E-state index in [4.69, 9.17) is 5.11 Å². The van der Waals surface area contributed by atoms with Crippen LogP contribution in [0.4, 0.5) is 0 Å². The van der Waals surface area contributed by atoms with E-state index in [1.807, 2.05) is 20.8 Å². The number of thioether (sulfide) groups is 1. The number of aliphatic carboxylic acids is 1. The van der Waals surface area contributed by atoms with Crippen molar-refractivity contribution in [3.05, 3.63) is 18.0 Å². The molecule has 0 amide bonds. The van der Waals surface area contributed by atoms with Gasteiger partial charge in [-0.15, -0.1) is 0 Å². The molecule has 0 aliphatic rings. The van der Waals surface area contributed by atoms with Gasteiger partial charge < -0.3 is 10.4 Å². The second-order valence-electron chi connectivity index (χ2n) is 4.39. The van der Waals surface area contributed by atoms with E-state index >= 15 is 0 Å². The molecule has 0 aromatic carbocycles. The van der Waals surface area contributed by atoms with Crippen LogP contribution in [0.15, 0.2) is 17.6 Å². The number of aryl methyl sites for hydroxylation is 1. The van der Waals surface area contributed by atoms with Crippen molar-refractivity contribution in [2.24, 2.45) is 0 Å². The number of hydrogen-bond acceptors (Lipinski definition) is 5. The Morgan fingerprint density at radius 2 is 2.06 bits per heavy atom. The van der Waals surface area contributed by atoms with Crippen molar-refractivity contribution in [2.45, 2.75) is 44.4 Å².